The highest BCUT2D eigenvalue weighted by molar-refractivity contribution is 5.08. The Morgan fingerprint density at radius 2 is 2.18 bits per heavy atom. The zero-order valence-electron chi connectivity index (χ0n) is 11.6. The Balaban J connectivity index is 2.27. The molecule has 0 amide bonds. The van der Waals surface area contributed by atoms with E-state index in [9.17, 15) is 5.11 Å². The van der Waals surface area contributed by atoms with Crippen LogP contribution in [0.4, 0.5) is 0 Å². The monoisotopic (exact) mass is 240 g/mol. The van der Waals surface area contributed by atoms with Crippen molar-refractivity contribution >= 4 is 0 Å². The zero-order chi connectivity index (χ0) is 12.9. The molecule has 1 aliphatic carbocycles. The summed E-state index contributed by atoms with van der Waals surface area (Å²) in [5.74, 6) is 0.853. The molecule has 100 valence electrons. The quantitative estimate of drug-likeness (QED) is 0.699. The van der Waals surface area contributed by atoms with E-state index < -0.39 is 5.60 Å². The SMILES string of the molecule is C[C@H](CO)CCCC1=CC[C@@H](C(C)(C)O)CC1. The van der Waals surface area contributed by atoms with Crippen molar-refractivity contribution in [2.75, 3.05) is 6.61 Å². The molecule has 2 atom stereocenters. The van der Waals surface area contributed by atoms with Crippen molar-refractivity contribution in [1.82, 2.24) is 0 Å². The topological polar surface area (TPSA) is 40.5 Å². The van der Waals surface area contributed by atoms with Gasteiger partial charge >= 0.3 is 0 Å². The molecule has 0 aromatic carbocycles. The highest BCUT2D eigenvalue weighted by Crippen LogP contribution is 2.33. The van der Waals surface area contributed by atoms with Crippen LogP contribution in [0.3, 0.4) is 0 Å². The van der Waals surface area contributed by atoms with Gasteiger partial charge in [-0.2, -0.15) is 0 Å². The molecule has 0 saturated heterocycles. The first kappa shape index (κ1) is 14.7. The summed E-state index contributed by atoms with van der Waals surface area (Å²) in [5, 5.41) is 18.9. The van der Waals surface area contributed by atoms with E-state index in [1.165, 1.54) is 12.8 Å². The molecule has 2 N–H and O–H groups in total. The van der Waals surface area contributed by atoms with Crippen LogP contribution in [0, 0.1) is 11.8 Å². The lowest BCUT2D eigenvalue weighted by Gasteiger charge is -2.32. The standard InChI is InChI=1S/C15H28O2/c1-12(11-16)5-4-6-13-7-9-14(10-8-13)15(2,3)17/h7,12,14,16-17H,4-6,8-11H2,1-3H3/t12-,14+/m0/s1. The van der Waals surface area contributed by atoms with Crippen molar-refractivity contribution in [1.29, 1.82) is 0 Å². The van der Waals surface area contributed by atoms with E-state index in [0.29, 0.717) is 18.4 Å². The van der Waals surface area contributed by atoms with Crippen LogP contribution in [0.15, 0.2) is 11.6 Å². The summed E-state index contributed by atoms with van der Waals surface area (Å²) in [7, 11) is 0. The molecular formula is C15H28O2. The van der Waals surface area contributed by atoms with Gasteiger partial charge in [0, 0.05) is 6.61 Å². The molecule has 0 unspecified atom stereocenters. The van der Waals surface area contributed by atoms with Gasteiger partial charge in [0.05, 0.1) is 5.60 Å². The lowest BCUT2D eigenvalue weighted by Crippen LogP contribution is -2.31. The maximum absolute atomic E-state index is 9.95. The van der Waals surface area contributed by atoms with E-state index >= 15 is 0 Å². The summed E-state index contributed by atoms with van der Waals surface area (Å²) in [4.78, 5) is 0. The third-order valence-electron chi connectivity index (χ3n) is 4.01. The van der Waals surface area contributed by atoms with Crippen molar-refractivity contribution < 1.29 is 10.2 Å². The molecule has 2 heteroatoms. The minimum Gasteiger partial charge on any atom is -0.396 e. The van der Waals surface area contributed by atoms with Crippen molar-refractivity contribution in [3.63, 3.8) is 0 Å². The van der Waals surface area contributed by atoms with Gasteiger partial charge in [0.15, 0.2) is 0 Å². The minimum atomic E-state index is -0.534. The van der Waals surface area contributed by atoms with Crippen LogP contribution in [0.2, 0.25) is 0 Å². The fourth-order valence-corrected chi connectivity index (χ4v) is 2.53. The first-order valence-electron chi connectivity index (χ1n) is 6.94. The summed E-state index contributed by atoms with van der Waals surface area (Å²) >= 11 is 0. The molecule has 0 aliphatic heterocycles. The van der Waals surface area contributed by atoms with E-state index in [-0.39, 0.29) is 0 Å². The van der Waals surface area contributed by atoms with Crippen LogP contribution in [-0.2, 0) is 0 Å². The molecule has 0 spiro atoms. The molecule has 0 bridgehead atoms. The first-order valence-corrected chi connectivity index (χ1v) is 6.94. The number of aliphatic hydroxyl groups excluding tert-OH is 1. The summed E-state index contributed by atoms with van der Waals surface area (Å²) in [6.45, 7) is 6.23. The van der Waals surface area contributed by atoms with Crippen LogP contribution in [-0.4, -0.2) is 22.4 Å². The summed E-state index contributed by atoms with van der Waals surface area (Å²) in [6, 6.07) is 0. The molecule has 0 fully saturated rings. The van der Waals surface area contributed by atoms with Gasteiger partial charge in [-0.15, -0.1) is 0 Å². The fourth-order valence-electron chi connectivity index (χ4n) is 2.53. The predicted octanol–water partition coefficient (Wildman–Crippen LogP) is 3.28. The molecule has 0 radical (unpaired) electrons. The molecule has 0 aromatic heterocycles. The third-order valence-corrected chi connectivity index (χ3v) is 4.01. The average molecular weight is 240 g/mol. The van der Waals surface area contributed by atoms with E-state index in [0.717, 1.165) is 25.7 Å². The van der Waals surface area contributed by atoms with Gasteiger partial charge in [-0.05, 0) is 64.2 Å². The highest BCUT2D eigenvalue weighted by atomic mass is 16.3. The summed E-state index contributed by atoms with van der Waals surface area (Å²) < 4.78 is 0. The van der Waals surface area contributed by atoms with Gasteiger partial charge in [0.2, 0.25) is 0 Å². The average Bonchev–Trinajstić information content (AvgIpc) is 2.28. The summed E-state index contributed by atoms with van der Waals surface area (Å²) in [6.07, 6.45) is 9.07. The van der Waals surface area contributed by atoms with Crippen molar-refractivity contribution in [3.05, 3.63) is 11.6 Å². The van der Waals surface area contributed by atoms with Gasteiger partial charge < -0.3 is 10.2 Å². The zero-order valence-corrected chi connectivity index (χ0v) is 11.6. The molecule has 0 heterocycles. The molecular weight excluding hydrogens is 212 g/mol. The molecule has 2 nitrogen and oxygen atoms in total. The Morgan fingerprint density at radius 3 is 2.65 bits per heavy atom. The molecule has 17 heavy (non-hydrogen) atoms. The van der Waals surface area contributed by atoms with Gasteiger partial charge in [-0.3, -0.25) is 0 Å². The van der Waals surface area contributed by atoms with Crippen molar-refractivity contribution in [2.45, 2.75) is 64.9 Å². The van der Waals surface area contributed by atoms with E-state index in [2.05, 4.69) is 13.0 Å². The number of hydrogen-bond acceptors (Lipinski definition) is 2. The van der Waals surface area contributed by atoms with E-state index in [4.69, 9.17) is 5.11 Å². The fraction of sp³-hybridized carbons (Fsp3) is 0.867. The largest absolute Gasteiger partial charge is 0.396 e. The molecule has 1 aliphatic rings. The smallest absolute Gasteiger partial charge is 0.0622 e. The number of hydrogen-bond donors (Lipinski definition) is 2. The number of aliphatic hydroxyl groups is 2. The second-order valence-corrected chi connectivity index (χ2v) is 6.17. The molecule has 0 saturated carbocycles. The third kappa shape index (κ3) is 5.22. The number of allylic oxidation sites excluding steroid dienone is 2. The van der Waals surface area contributed by atoms with Crippen LogP contribution in [0.25, 0.3) is 0 Å². The predicted molar refractivity (Wildman–Crippen MR) is 71.8 cm³/mol. The van der Waals surface area contributed by atoms with Crippen LogP contribution in [0.5, 0.6) is 0 Å². The second kappa shape index (κ2) is 6.55. The van der Waals surface area contributed by atoms with Crippen LogP contribution >= 0.6 is 0 Å². The van der Waals surface area contributed by atoms with Gasteiger partial charge in [0.25, 0.3) is 0 Å². The van der Waals surface area contributed by atoms with Crippen LogP contribution in [0.1, 0.15) is 59.3 Å². The minimum absolute atomic E-state index is 0.305. The normalized spacial score (nSPS) is 23.4. The highest BCUT2D eigenvalue weighted by Gasteiger charge is 2.27. The Morgan fingerprint density at radius 1 is 1.47 bits per heavy atom. The van der Waals surface area contributed by atoms with E-state index in [1.807, 2.05) is 13.8 Å². The first-order chi connectivity index (χ1) is 7.93. The Bertz CT molecular complexity index is 250. The van der Waals surface area contributed by atoms with Gasteiger partial charge in [-0.25, -0.2) is 0 Å². The van der Waals surface area contributed by atoms with E-state index in [1.54, 1.807) is 5.57 Å². The molecule has 0 aromatic rings. The van der Waals surface area contributed by atoms with Crippen molar-refractivity contribution in [3.8, 4) is 0 Å². The Kier molecular flexibility index (Phi) is 5.68. The van der Waals surface area contributed by atoms with Crippen molar-refractivity contribution in [2.24, 2.45) is 11.8 Å². The maximum Gasteiger partial charge on any atom is 0.0622 e. The maximum atomic E-state index is 9.95. The Hall–Kier alpha value is -0.340. The molecule has 1 rings (SSSR count). The Labute approximate surface area is 106 Å². The number of rotatable bonds is 6. The summed E-state index contributed by atoms with van der Waals surface area (Å²) in [5.41, 5.74) is 1.02. The lowest BCUT2D eigenvalue weighted by molar-refractivity contribution is 0.0124. The van der Waals surface area contributed by atoms with Crippen LogP contribution < -0.4 is 0 Å². The lowest BCUT2D eigenvalue weighted by atomic mass is 9.78. The van der Waals surface area contributed by atoms with Gasteiger partial charge in [-0.1, -0.05) is 18.6 Å². The van der Waals surface area contributed by atoms with Gasteiger partial charge in [0.1, 0.15) is 0 Å². The second-order valence-electron chi connectivity index (χ2n) is 6.17.